The average molecular weight is 386 g/mol. The van der Waals surface area contributed by atoms with E-state index in [1.165, 1.54) is 23.3 Å². The molecule has 1 saturated heterocycles. The van der Waals surface area contributed by atoms with Crippen LogP contribution in [0.5, 0.6) is 0 Å². The molecule has 3 aromatic rings. The fourth-order valence-corrected chi connectivity index (χ4v) is 4.67. The highest BCUT2D eigenvalue weighted by Crippen LogP contribution is 2.33. The number of anilines is 1. The van der Waals surface area contributed by atoms with Gasteiger partial charge in [0.1, 0.15) is 22.8 Å². The van der Waals surface area contributed by atoms with Crippen molar-refractivity contribution in [3.63, 3.8) is 0 Å². The summed E-state index contributed by atoms with van der Waals surface area (Å²) in [5.74, 6) is 2.73. The van der Waals surface area contributed by atoms with E-state index in [0.29, 0.717) is 12.6 Å². The summed E-state index contributed by atoms with van der Waals surface area (Å²) in [6.45, 7) is 12.3. The van der Waals surface area contributed by atoms with Gasteiger partial charge in [-0.25, -0.2) is 9.97 Å². The maximum absolute atomic E-state index is 4.90. The SMILES string of the molecule is Cc1sc2nc(CN3CCCC3)nc(NCc3nncn3C(C)C)c2c1C. The van der Waals surface area contributed by atoms with E-state index in [9.17, 15) is 0 Å². The summed E-state index contributed by atoms with van der Waals surface area (Å²) in [6.07, 6.45) is 4.33. The molecule has 0 spiro atoms. The van der Waals surface area contributed by atoms with Crippen LogP contribution in [-0.2, 0) is 13.1 Å². The Bertz CT molecular complexity index is 937. The largest absolute Gasteiger partial charge is 0.362 e. The van der Waals surface area contributed by atoms with Crippen molar-refractivity contribution in [2.75, 3.05) is 18.4 Å². The summed E-state index contributed by atoms with van der Waals surface area (Å²) in [4.78, 5) is 14.6. The summed E-state index contributed by atoms with van der Waals surface area (Å²) in [7, 11) is 0. The zero-order valence-corrected chi connectivity index (χ0v) is 17.3. The number of thiophene rings is 1. The monoisotopic (exact) mass is 385 g/mol. The molecule has 0 aliphatic carbocycles. The predicted molar refractivity (Wildman–Crippen MR) is 109 cm³/mol. The Morgan fingerprint density at radius 2 is 1.96 bits per heavy atom. The maximum Gasteiger partial charge on any atom is 0.152 e. The third kappa shape index (κ3) is 3.68. The molecule has 0 atom stereocenters. The molecule has 7 nitrogen and oxygen atoms in total. The number of hydrogen-bond donors (Lipinski definition) is 1. The Labute approximate surface area is 163 Å². The van der Waals surface area contributed by atoms with Gasteiger partial charge in [0, 0.05) is 10.9 Å². The number of rotatable bonds is 6. The molecule has 0 bridgehead atoms. The Balaban J connectivity index is 1.65. The normalized spacial score (nSPS) is 15.3. The number of nitrogens with one attached hydrogen (secondary N) is 1. The Hall–Kier alpha value is -2.06. The van der Waals surface area contributed by atoms with Crippen LogP contribution in [0.4, 0.5) is 5.82 Å². The lowest BCUT2D eigenvalue weighted by Gasteiger charge is -2.15. The second-order valence-corrected chi connectivity index (χ2v) is 8.74. The van der Waals surface area contributed by atoms with Crippen LogP contribution in [0.2, 0.25) is 0 Å². The third-order valence-electron chi connectivity index (χ3n) is 5.26. The van der Waals surface area contributed by atoms with E-state index >= 15 is 0 Å². The van der Waals surface area contributed by atoms with Crippen molar-refractivity contribution < 1.29 is 0 Å². The second kappa shape index (κ2) is 7.52. The van der Waals surface area contributed by atoms with E-state index in [1.807, 2.05) is 0 Å². The lowest BCUT2D eigenvalue weighted by molar-refractivity contribution is 0.323. The summed E-state index contributed by atoms with van der Waals surface area (Å²) < 4.78 is 2.09. The zero-order valence-electron chi connectivity index (χ0n) is 16.5. The average Bonchev–Trinajstić information content (AvgIpc) is 3.35. The summed E-state index contributed by atoms with van der Waals surface area (Å²) in [5.41, 5.74) is 1.26. The van der Waals surface area contributed by atoms with Gasteiger partial charge >= 0.3 is 0 Å². The van der Waals surface area contributed by atoms with Crippen molar-refractivity contribution in [3.8, 4) is 0 Å². The highest BCUT2D eigenvalue weighted by atomic mass is 32.1. The first-order valence-electron chi connectivity index (χ1n) is 9.64. The minimum atomic E-state index is 0.332. The number of hydrogen-bond acceptors (Lipinski definition) is 7. The second-order valence-electron chi connectivity index (χ2n) is 7.54. The Kier molecular flexibility index (Phi) is 5.10. The molecule has 1 fully saturated rings. The van der Waals surface area contributed by atoms with Crippen molar-refractivity contribution in [3.05, 3.63) is 28.4 Å². The van der Waals surface area contributed by atoms with Gasteiger partial charge in [-0.1, -0.05) is 0 Å². The van der Waals surface area contributed by atoms with Gasteiger partial charge in [-0.15, -0.1) is 21.5 Å². The van der Waals surface area contributed by atoms with Crippen LogP contribution >= 0.6 is 11.3 Å². The lowest BCUT2D eigenvalue weighted by Crippen LogP contribution is -2.20. The first-order chi connectivity index (χ1) is 13.0. The minimum absolute atomic E-state index is 0.332. The summed E-state index contributed by atoms with van der Waals surface area (Å²) in [6, 6.07) is 0.332. The number of fused-ring (bicyclic) bond motifs is 1. The molecule has 0 amide bonds. The zero-order chi connectivity index (χ0) is 19.0. The topological polar surface area (TPSA) is 71.8 Å². The van der Waals surface area contributed by atoms with Crippen molar-refractivity contribution in [2.45, 2.75) is 59.7 Å². The molecule has 1 aliphatic heterocycles. The molecule has 3 aromatic heterocycles. The van der Waals surface area contributed by atoms with Crippen molar-refractivity contribution >= 4 is 27.4 Å². The standard InChI is InChI=1S/C19H27N7S/c1-12(2)26-11-21-24-16(26)9-20-18-17-13(3)14(4)27-19(17)23-15(22-18)10-25-7-5-6-8-25/h11-12H,5-10H2,1-4H3,(H,20,22,23). The van der Waals surface area contributed by atoms with Gasteiger partial charge in [-0.05, 0) is 59.2 Å². The molecule has 4 rings (SSSR count). The number of likely N-dealkylation sites (tertiary alicyclic amines) is 1. The lowest BCUT2D eigenvalue weighted by atomic mass is 10.2. The van der Waals surface area contributed by atoms with Crippen LogP contribution < -0.4 is 5.32 Å². The van der Waals surface area contributed by atoms with Gasteiger partial charge in [0.15, 0.2) is 5.82 Å². The molecule has 27 heavy (non-hydrogen) atoms. The summed E-state index contributed by atoms with van der Waals surface area (Å²) in [5, 5.41) is 13.0. The third-order valence-corrected chi connectivity index (χ3v) is 6.36. The van der Waals surface area contributed by atoms with Crippen LogP contribution in [0, 0.1) is 13.8 Å². The predicted octanol–water partition coefficient (Wildman–Crippen LogP) is 3.69. The molecular weight excluding hydrogens is 358 g/mol. The van der Waals surface area contributed by atoms with E-state index in [-0.39, 0.29) is 0 Å². The van der Waals surface area contributed by atoms with Crippen molar-refractivity contribution in [1.82, 2.24) is 29.6 Å². The molecule has 0 unspecified atom stereocenters. The van der Waals surface area contributed by atoms with Gasteiger partial charge in [0.2, 0.25) is 0 Å². The smallest absolute Gasteiger partial charge is 0.152 e. The molecule has 8 heteroatoms. The van der Waals surface area contributed by atoms with Gasteiger partial charge in [0.25, 0.3) is 0 Å². The molecular formula is C19H27N7S. The minimum Gasteiger partial charge on any atom is -0.362 e. The van der Waals surface area contributed by atoms with E-state index in [2.05, 4.69) is 52.7 Å². The molecule has 0 saturated carbocycles. The highest BCUT2D eigenvalue weighted by Gasteiger charge is 2.18. The quantitative estimate of drug-likeness (QED) is 0.698. The molecule has 1 N–H and O–H groups in total. The first kappa shape index (κ1) is 18.3. The number of aromatic nitrogens is 5. The Morgan fingerprint density at radius 1 is 1.19 bits per heavy atom. The van der Waals surface area contributed by atoms with E-state index in [4.69, 9.17) is 9.97 Å². The van der Waals surface area contributed by atoms with Crippen LogP contribution in [0.1, 0.15) is 54.8 Å². The highest BCUT2D eigenvalue weighted by molar-refractivity contribution is 7.18. The van der Waals surface area contributed by atoms with Gasteiger partial charge in [0.05, 0.1) is 18.5 Å². The van der Waals surface area contributed by atoms with Crippen LogP contribution in [-0.4, -0.2) is 42.7 Å². The fourth-order valence-electron chi connectivity index (χ4n) is 3.62. The molecule has 4 heterocycles. The fraction of sp³-hybridized carbons (Fsp3) is 0.579. The summed E-state index contributed by atoms with van der Waals surface area (Å²) >= 11 is 1.75. The molecule has 0 radical (unpaired) electrons. The van der Waals surface area contributed by atoms with Crippen molar-refractivity contribution in [2.24, 2.45) is 0 Å². The van der Waals surface area contributed by atoms with E-state index in [0.717, 1.165) is 47.3 Å². The number of nitrogens with zero attached hydrogens (tertiary/aromatic N) is 6. The molecule has 1 aliphatic rings. The van der Waals surface area contributed by atoms with Gasteiger partial charge < -0.3 is 9.88 Å². The van der Waals surface area contributed by atoms with Crippen LogP contribution in [0.15, 0.2) is 6.33 Å². The van der Waals surface area contributed by atoms with E-state index < -0.39 is 0 Å². The van der Waals surface area contributed by atoms with E-state index in [1.54, 1.807) is 17.7 Å². The van der Waals surface area contributed by atoms with Gasteiger partial charge in [-0.3, -0.25) is 4.90 Å². The van der Waals surface area contributed by atoms with Crippen LogP contribution in [0.25, 0.3) is 10.2 Å². The van der Waals surface area contributed by atoms with Crippen LogP contribution in [0.3, 0.4) is 0 Å². The first-order valence-corrected chi connectivity index (χ1v) is 10.5. The molecule has 0 aromatic carbocycles. The maximum atomic E-state index is 4.90. The molecule has 144 valence electrons. The van der Waals surface area contributed by atoms with Gasteiger partial charge in [-0.2, -0.15) is 0 Å². The Morgan fingerprint density at radius 3 is 2.70 bits per heavy atom. The number of aryl methyl sites for hydroxylation is 2. The van der Waals surface area contributed by atoms with Crippen molar-refractivity contribution in [1.29, 1.82) is 0 Å².